The van der Waals surface area contributed by atoms with Gasteiger partial charge in [0.25, 0.3) is 0 Å². The topological polar surface area (TPSA) is 68.0 Å². The van der Waals surface area contributed by atoms with Crippen LogP contribution in [0.3, 0.4) is 0 Å². The first-order valence-electron chi connectivity index (χ1n) is 8.08. The Labute approximate surface area is 154 Å². The highest BCUT2D eigenvalue weighted by atomic mass is 35.5. The second kappa shape index (κ2) is 8.65. The molecule has 3 N–H and O–H groups in total. The molecule has 3 rings (SSSR count). The molecule has 1 amide bonds. The minimum Gasteiger partial charge on any atom is -0.344 e. The van der Waals surface area contributed by atoms with E-state index >= 15 is 0 Å². The van der Waals surface area contributed by atoms with Crippen LogP contribution in [0.15, 0.2) is 5.38 Å². The van der Waals surface area contributed by atoms with Gasteiger partial charge in [0, 0.05) is 23.5 Å². The molecule has 23 heavy (non-hydrogen) atoms. The van der Waals surface area contributed by atoms with Crippen LogP contribution in [0.2, 0.25) is 0 Å². The lowest BCUT2D eigenvalue weighted by atomic mass is 9.95. The fourth-order valence-electron chi connectivity index (χ4n) is 3.82. The number of aryl methyl sites for hydroxylation is 1. The van der Waals surface area contributed by atoms with E-state index in [2.05, 4.69) is 15.7 Å². The molecule has 1 aromatic heterocycles. The lowest BCUT2D eigenvalue weighted by molar-refractivity contribution is -0.124. The van der Waals surface area contributed by atoms with Gasteiger partial charge in [-0.25, -0.2) is 4.98 Å². The smallest absolute Gasteiger partial charge is 0.221 e. The van der Waals surface area contributed by atoms with Gasteiger partial charge in [-0.3, -0.25) is 4.79 Å². The average Bonchev–Trinajstić information content (AvgIpc) is 3.14. The first-order chi connectivity index (χ1) is 10.1. The zero-order chi connectivity index (χ0) is 14.9. The van der Waals surface area contributed by atoms with Crippen molar-refractivity contribution in [3.63, 3.8) is 0 Å². The summed E-state index contributed by atoms with van der Waals surface area (Å²) in [5.74, 6) is 0.522. The van der Waals surface area contributed by atoms with Crippen LogP contribution >= 0.6 is 36.2 Å². The first kappa shape index (κ1) is 20.7. The van der Waals surface area contributed by atoms with E-state index in [9.17, 15) is 4.79 Å². The number of hydrogen-bond donors (Lipinski definition) is 2. The lowest BCUT2D eigenvalue weighted by Gasteiger charge is -2.29. The fourth-order valence-corrected chi connectivity index (χ4v) is 4.83. The molecule has 0 bridgehead atoms. The predicted molar refractivity (Wildman–Crippen MR) is 99.6 cm³/mol. The van der Waals surface area contributed by atoms with Gasteiger partial charge in [0.15, 0.2) is 0 Å². The number of halogens is 2. The van der Waals surface area contributed by atoms with Gasteiger partial charge in [-0.05, 0) is 38.5 Å². The zero-order valence-corrected chi connectivity index (χ0v) is 16.0. The molecule has 132 valence electrons. The Morgan fingerprint density at radius 1 is 1.35 bits per heavy atom. The Kier molecular flexibility index (Phi) is 7.78. The molecule has 0 radical (unpaired) electrons. The van der Waals surface area contributed by atoms with Crippen molar-refractivity contribution in [3.8, 4) is 0 Å². The molecular formula is C16H27Cl2N3OS. The summed E-state index contributed by atoms with van der Waals surface area (Å²) in [6.45, 7) is 2.02. The Bertz CT molecular complexity index is 517. The van der Waals surface area contributed by atoms with Crippen LogP contribution in [0.5, 0.6) is 0 Å². The largest absolute Gasteiger partial charge is 0.344 e. The summed E-state index contributed by atoms with van der Waals surface area (Å²) in [6.07, 6.45) is 8.27. The maximum absolute atomic E-state index is 12.5. The number of amides is 1. The van der Waals surface area contributed by atoms with Crippen molar-refractivity contribution in [2.75, 3.05) is 0 Å². The number of aromatic nitrogens is 1. The van der Waals surface area contributed by atoms with Crippen LogP contribution in [-0.2, 0) is 10.3 Å². The standard InChI is InChI=1S/C16H25N3OS.2ClH/c1-11-10-21-15(18-11)16(7-2-3-8-16)19-14(20)9-12-5-4-6-13(12)17;;/h10,12-13H,2-9,17H2,1H3,(H,19,20);2*1H/t12-,13+;;/m0../s1. The summed E-state index contributed by atoms with van der Waals surface area (Å²) in [4.78, 5) is 17.1. The van der Waals surface area contributed by atoms with Crippen LogP contribution in [0.4, 0.5) is 0 Å². The molecule has 2 atom stereocenters. The molecule has 1 heterocycles. The van der Waals surface area contributed by atoms with Crippen molar-refractivity contribution in [1.82, 2.24) is 10.3 Å². The number of carbonyl (C=O) groups is 1. The van der Waals surface area contributed by atoms with Gasteiger partial charge in [0.1, 0.15) is 5.01 Å². The molecular weight excluding hydrogens is 353 g/mol. The Morgan fingerprint density at radius 3 is 2.57 bits per heavy atom. The minimum atomic E-state index is -0.210. The van der Waals surface area contributed by atoms with Crippen LogP contribution in [0.1, 0.15) is 62.1 Å². The highest BCUT2D eigenvalue weighted by molar-refractivity contribution is 7.09. The van der Waals surface area contributed by atoms with Gasteiger partial charge in [-0.2, -0.15) is 0 Å². The molecule has 2 fully saturated rings. The Balaban J connectivity index is 0.00000132. The van der Waals surface area contributed by atoms with E-state index in [-0.39, 0.29) is 42.3 Å². The summed E-state index contributed by atoms with van der Waals surface area (Å²) < 4.78 is 0. The second-order valence-corrected chi connectivity index (χ2v) is 7.55. The van der Waals surface area contributed by atoms with Crippen LogP contribution in [0.25, 0.3) is 0 Å². The zero-order valence-electron chi connectivity index (χ0n) is 13.5. The minimum absolute atomic E-state index is 0. The molecule has 2 aliphatic carbocycles. The fraction of sp³-hybridized carbons (Fsp3) is 0.750. The van der Waals surface area contributed by atoms with E-state index in [0.29, 0.717) is 12.3 Å². The van der Waals surface area contributed by atoms with Crippen molar-refractivity contribution in [2.45, 2.75) is 69.9 Å². The van der Waals surface area contributed by atoms with E-state index in [1.165, 1.54) is 12.8 Å². The number of nitrogens with one attached hydrogen (secondary N) is 1. The second-order valence-electron chi connectivity index (χ2n) is 6.69. The number of nitrogens with two attached hydrogens (primary N) is 1. The predicted octanol–water partition coefficient (Wildman–Crippen LogP) is 3.70. The monoisotopic (exact) mass is 379 g/mol. The highest BCUT2D eigenvalue weighted by Gasteiger charge is 2.40. The van der Waals surface area contributed by atoms with E-state index in [4.69, 9.17) is 5.73 Å². The third kappa shape index (κ3) is 4.59. The van der Waals surface area contributed by atoms with E-state index < -0.39 is 0 Å². The summed E-state index contributed by atoms with van der Waals surface area (Å²) in [7, 11) is 0. The van der Waals surface area contributed by atoms with Gasteiger partial charge in [-0.15, -0.1) is 36.2 Å². The maximum Gasteiger partial charge on any atom is 0.221 e. The van der Waals surface area contributed by atoms with Crippen LogP contribution in [0, 0.1) is 12.8 Å². The number of rotatable bonds is 4. The molecule has 1 aromatic rings. The number of thiazole rings is 1. The summed E-state index contributed by atoms with van der Waals surface area (Å²) in [5, 5.41) is 6.49. The van der Waals surface area contributed by atoms with Crippen LogP contribution < -0.4 is 11.1 Å². The van der Waals surface area contributed by atoms with Gasteiger partial charge in [0.05, 0.1) is 5.54 Å². The molecule has 2 aliphatic rings. The Morgan fingerprint density at radius 2 is 2.04 bits per heavy atom. The molecule has 4 nitrogen and oxygen atoms in total. The van der Waals surface area contributed by atoms with Crippen LogP contribution in [-0.4, -0.2) is 16.9 Å². The molecule has 0 aliphatic heterocycles. The molecule has 0 aromatic carbocycles. The summed E-state index contributed by atoms with van der Waals surface area (Å²) >= 11 is 1.68. The van der Waals surface area contributed by atoms with Gasteiger partial charge < -0.3 is 11.1 Å². The molecule has 0 saturated heterocycles. The van der Waals surface area contributed by atoms with E-state index in [1.54, 1.807) is 11.3 Å². The molecule has 2 saturated carbocycles. The average molecular weight is 380 g/mol. The number of hydrogen-bond acceptors (Lipinski definition) is 4. The number of nitrogens with zero attached hydrogens (tertiary/aromatic N) is 1. The first-order valence-corrected chi connectivity index (χ1v) is 8.96. The lowest BCUT2D eigenvalue weighted by Crippen LogP contribution is -2.45. The quantitative estimate of drug-likeness (QED) is 0.837. The number of carbonyl (C=O) groups excluding carboxylic acids is 1. The van der Waals surface area contributed by atoms with E-state index in [0.717, 1.165) is 42.8 Å². The van der Waals surface area contributed by atoms with Crippen molar-refractivity contribution in [1.29, 1.82) is 0 Å². The molecule has 0 spiro atoms. The van der Waals surface area contributed by atoms with E-state index in [1.807, 2.05) is 6.92 Å². The van der Waals surface area contributed by atoms with Gasteiger partial charge in [0.2, 0.25) is 5.91 Å². The van der Waals surface area contributed by atoms with Crippen molar-refractivity contribution in [2.24, 2.45) is 11.7 Å². The highest BCUT2D eigenvalue weighted by Crippen LogP contribution is 2.40. The summed E-state index contributed by atoms with van der Waals surface area (Å²) in [5.41, 5.74) is 6.93. The van der Waals surface area contributed by atoms with Gasteiger partial charge in [-0.1, -0.05) is 19.3 Å². The molecule has 0 unspecified atom stereocenters. The normalized spacial score (nSPS) is 25.5. The Hall–Kier alpha value is -0.360. The van der Waals surface area contributed by atoms with Gasteiger partial charge >= 0.3 is 0 Å². The summed E-state index contributed by atoms with van der Waals surface area (Å²) in [6, 6.07) is 0.206. The van der Waals surface area contributed by atoms with Crippen molar-refractivity contribution in [3.05, 3.63) is 16.1 Å². The van der Waals surface area contributed by atoms with Crippen molar-refractivity contribution >= 4 is 42.1 Å². The van der Waals surface area contributed by atoms with Crippen molar-refractivity contribution < 1.29 is 4.79 Å². The SMILES string of the molecule is Cc1csc(C2(NC(=O)C[C@@H]3CCC[C@H]3N)CCCC2)n1.Cl.Cl. The third-order valence-corrected chi connectivity index (χ3v) is 6.19. The maximum atomic E-state index is 12.5. The molecule has 7 heteroatoms. The third-order valence-electron chi connectivity index (χ3n) is 5.03.